The first kappa shape index (κ1) is 21.2. The predicted octanol–water partition coefficient (Wildman–Crippen LogP) is 3.19. The molecule has 0 unspecified atom stereocenters. The van der Waals surface area contributed by atoms with Crippen LogP contribution in [0.1, 0.15) is 37.7 Å². The van der Waals surface area contributed by atoms with Crippen LogP contribution in [0.15, 0.2) is 24.3 Å². The smallest absolute Gasteiger partial charge is 0.224 e. The van der Waals surface area contributed by atoms with Gasteiger partial charge in [0.05, 0.1) is 0 Å². The molecule has 0 aromatic heterocycles. The standard InChI is InChI=1S/C16H25N3O.2ClH/c17-9-5-8-16(20)18-15-7-4-6-14(12-15)13-19-10-2-1-3-11-19;;/h4,6-7,12H,1-3,5,8-11,13,17H2,(H,18,20);2*1H. The van der Waals surface area contributed by atoms with E-state index >= 15 is 0 Å². The van der Waals surface area contributed by atoms with Crippen molar-refractivity contribution in [1.82, 2.24) is 4.90 Å². The van der Waals surface area contributed by atoms with Crippen molar-refractivity contribution < 1.29 is 4.79 Å². The molecule has 1 saturated heterocycles. The van der Waals surface area contributed by atoms with Crippen LogP contribution in [-0.2, 0) is 11.3 Å². The van der Waals surface area contributed by atoms with E-state index in [-0.39, 0.29) is 30.7 Å². The summed E-state index contributed by atoms with van der Waals surface area (Å²) in [5.41, 5.74) is 7.57. The second-order valence-corrected chi connectivity index (χ2v) is 5.48. The highest BCUT2D eigenvalue weighted by Gasteiger charge is 2.10. The molecule has 1 aromatic carbocycles. The number of benzene rings is 1. The van der Waals surface area contributed by atoms with E-state index in [2.05, 4.69) is 22.3 Å². The number of nitrogens with zero attached hydrogens (tertiary/aromatic N) is 1. The van der Waals surface area contributed by atoms with Gasteiger partial charge in [-0.1, -0.05) is 18.6 Å². The zero-order chi connectivity index (χ0) is 14.2. The zero-order valence-electron chi connectivity index (χ0n) is 12.9. The normalized spacial score (nSPS) is 14.6. The summed E-state index contributed by atoms with van der Waals surface area (Å²) in [5.74, 6) is 0.0468. The highest BCUT2D eigenvalue weighted by atomic mass is 35.5. The van der Waals surface area contributed by atoms with Gasteiger partial charge in [-0.05, 0) is 56.6 Å². The average Bonchev–Trinajstić information content (AvgIpc) is 2.46. The molecular formula is C16H27Cl2N3O. The number of nitrogens with two attached hydrogens (primary N) is 1. The molecule has 4 nitrogen and oxygen atoms in total. The van der Waals surface area contributed by atoms with Gasteiger partial charge in [-0.15, -0.1) is 24.8 Å². The third kappa shape index (κ3) is 7.45. The van der Waals surface area contributed by atoms with Gasteiger partial charge in [0.25, 0.3) is 0 Å². The molecule has 1 aliphatic heterocycles. The fourth-order valence-electron chi connectivity index (χ4n) is 2.61. The number of piperidine rings is 1. The van der Waals surface area contributed by atoms with Gasteiger partial charge < -0.3 is 11.1 Å². The monoisotopic (exact) mass is 347 g/mol. The lowest BCUT2D eigenvalue weighted by molar-refractivity contribution is -0.116. The second kappa shape index (κ2) is 11.7. The number of halogens is 2. The van der Waals surface area contributed by atoms with Crippen LogP contribution in [-0.4, -0.2) is 30.4 Å². The zero-order valence-corrected chi connectivity index (χ0v) is 14.6. The lowest BCUT2D eigenvalue weighted by Crippen LogP contribution is -2.29. The van der Waals surface area contributed by atoms with Gasteiger partial charge in [0.15, 0.2) is 0 Å². The number of hydrogen-bond donors (Lipinski definition) is 2. The number of anilines is 1. The van der Waals surface area contributed by atoms with Crippen LogP contribution < -0.4 is 11.1 Å². The fraction of sp³-hybridized carbons (Fsp3) is 0.562. The molecule has 1 aliphatic rings. The number of nitrogens with one attached hydrogen (secondary N) is 1. The van der Waals surface area contributed by atoms with Gasteiger partial charge in [-0.3, -0.25) is 9.69 Å². The van der Waals surface area contributed by atoms with Crippen LogP contribution in [0.5, 0.6) is 0 Å². The molecule has 0 bridgehead atoms. The highest BCUT2D eigenvalue weighted by molar-refractivity contribution is 5.90. The first-order valence-electron chi connectivity index (χ1n) is 7.59. The predicted molar refractivity (Wildman–Crippen MR) is 97.0 cm³/mol. The lowest BCUT2D eigenvalue weighted by atomic mass is 10.1. The third-order valence-corrected chi connectivity index (χ3v) is 3.67. The number of likely N-dealkylation sites (tertiary alicyclic amines) is 1. The van der Waals surface area contributed by atoms with Crippen LogP contribution >= 0.6 is 24.8 Å². The van der Waals surface area contributed by atoms with Crippen molar-refractivity contribution in [2.45, 2.75) is 38.6 Å². The van der Waals surface area contributed by atoms with Crippen molar-refractivity contribution in [3.05, 3.63) is 29.8 Å². The van der Waals surface area contributed by atoms with Crippen LogP contribution in [0.25, 0.3) is 0 Å². The molecule has 6 heteroatoms. The molecule has 0 spiro atoms. The van der Waals surface area contributed by atoms with E-state index in [0.29, 0.717) is 13.0 Å². The average molecular weight is 348 g/mol. The van der Waals surface area contributed by atoms with E-state index in [4.69, 9.17) is 5.73 Å². The summed E-state index contributed by atoms with van der Waals surface area (Å²) in [4.78, 5) is 14.2. The molecule has 0 atom stereocenters. The van der Waals surface area contributed by atoms with Crippen molar-refractivity contribution in [2.24, 2.45) is 5.73 Å². The number of hydrogen-bond acceptors (Lipinski definition) is 3. The summed E-state index contributed by atoms with van der Waals surface area (Å²) in [7, 11) is 0. The van der Waals surface area contributed by atoms with Crippen LogP contribution in [0.2, 0.25) is 0 Å². The number of carbonyl (C=O) groups excluding carboxylic acids is 1. The van der Waals surface area contributed by atoms with E-state index in [0.717, 1.165) is 18.7 Å². The van der Waals surface area contributed by atoms with Crippen LogP contribution in [0.3, 0.4) is 0 Å². The number of rotatable bonds is 6. The minimum atomic E-state index is 0. The van der Waals surface area contributed by atoms with Gasteiger partial charge in [0.2, 0.25) is 5.91 Å². The molecule has 0 aliphatic carbocycles. The largest absolute Gasteiger partial charge is 0.330 e. The summed E-state index contributed by atoms with van der Waals surface area (Å²) in [6, 6.07) is 8.16. The Bertz CT molecular complexity index is 437. The van der Waals surface area contributed by atoms with Crippen molar-refractivity contribution in [3.8, 4) is 0 Å². The molecule has 2 rings (SSSR count). The maximum absolute atomic E-state index is 11.7. The Labute approximate surface area is 145 Å². The maximum Gasteiger partial charge on any atom is 0.224 e. The third-order valence-electron chi connectivity index (χ3n) is 3.67. The minimum Gasteiger partial charge on any atom is -0.330 e. The van der Waals surface area contributed by atoms with E-state index in [1.165, 1.54) is 37.9 Å². The Hall–Kier alpha value is -0.810. The SMILES string of the molecule is Cl.Cl.NCCCC(=O)Nc1cccc(CN2CCCCC2)c1. The van der Waals surface area contributed by atoms with Crippen LogP contribution in [0, 0.1) is 0 Å². The van der Waals surface area contributed by atoms with E-state index in [1.54, 1.807) is 0 Å². The fourth-order valence-corrected chi connectivity index (χ4v) is 2.61. The molecule has 3 N–H and O–H groups in total. The van der Waals surface area contributed by atoms with E-state index in [1.807, 2.05) is 12.1 Å². The molecule has 1 heterocycles. The van der Waals surface area contributed by atoms with Crippen molar-refractivity contribution in [2.75, 3.05) is 25.0 Å². The molecular weight excluding hydrogens is 321 g/mol. The topological polar surface area (TPSA) is 58.4 Å². The summed E-state index contributed by atoms with van der Waals surface area (Å²) in [6.45, 7) is 3.91. The van der Waals surface area contributed by atoms with Crippen molar-refractivity contribution in [1.29, 1.82) is 0 Å². The molecule has 1 amide bonds. The summed E-state index contributed by atoms with van der Waals surface area (Å²) in [6.07, 6.45) is 5.19. The Morgan fingerprint density at radius 2 is 1.91 bits per heavy atom. The first-order valence-corrected chi connectivity index (χ1v) is 7.59. The van der Waals surface area contributed by atoms with Gasteiger partial charge in [-0.25, -0.2) is 0 Å². The van der Waals surface area contributed by atoms with Gasteiger partial charge in [-0.2, -0.15) is 0 Å². The Morgan fingerprint density at radius 3 is 2.59 bits per heavy atom. The summed E-state index contributed by atoms with van der Waals surface area (Å²) >= 11 is 0. The Kier molecular flexibility index (Phi) is 11.3. The molecule has 22 heavy (non-hydrogen) atoms. The van der Waals surface area contributed by atoms with Crippen LogP contribution in [0.4, 0.5) is 5.69 Å². The number of carbonyl (C=O) groups is 1. The van der Waals surface area contributed by atoms with E-state index < -0.39 is 0 Å². The quantitative estimate of drug-likeness (QED) is 0.830. The molecule has 1 fully saturated rings. The molecule has 1 aromatic rings. The van der Waals surface area contributed by atoms with Crippen molar-refractivity contribution >= 4 is 36.4 Å². The van der Waals surface area contributed by atoms with E-state index in [9.17, 15) is 4.79 Å². The number of amides is 1. The Balaban J connectivity index is 0.00000220. The van der Waals surface area contributed by atoms with Gasteiger partial charge >= 0.3 is 0 Å². The maximum atomic E-state index is 11.7. The Morgan fingerprint density at radius 1 is 1.18 bits per heavy atom. The van der Waals surface area contributed by atoms with Gasteiger partial charge in [0.1, 0.15) is 0 Å². The van der Waals surface area contributed by atoms with Crippen molar-refractivity contribution in [3.63, 3.8) is 0 Å². The summed E-state index contributed by atoms with van der Waals surface area (Å²) < 4.78 is 0. The second-order valence-electron chi connectivity index (χ2n) is 5.48. The summed E-state index contributed by atoms with van der Waals surface area (Å²) in [5, 5.41) is 2.94. The molecule has 0 radical (unpaired) electrons. The minimum absolute atomic E-state index is 0. The lowest BCUT2D eigenvalue weighted by Gasteiger charge is -2.26. The highest BCUT2D eigenvalue weighted by Crippen LogP contribution is 2.16. The first-order chi connectivity index (χ1) is 9.78. The molecule has 126 valence electrons. The molecule has 0 saturated carbocycles. The van der Waals surface area contributed by atoms with Gasteiger partial charge in [0, 0.05) is 18.7 Å².